The monoisotopic (exact) mass is 336 g/mol. The van der Waals surface area contributed by atoms with Gasteiger partial charge in [0.15, 0.2) is 5.03 Å². The summed E-state index contributed by atoms with van der Waals surface area (Å²) in [4.78, 5) is 3.93. The number of hydrazine groups is 3. The number of nitrogens with one attached hydrogen (secondary N) is 4. The Morgan fingerprint density at radius 2 is 1.78 bits per heavy atom. The number of benzene rings is 1. The van der Waals surface area contributed by atoms with E-state index < -0.39 is 16.2 Å². The van der Waals surface area contributed by atoms with Gasteiger partial charge in [0.2, 0.25) is 0 Å². The van der Waals surface area contributed by atoms with Crippen LogP contribution in [0.3, 0.4) is 0 Å². The van der Waals surface area contributed by atoms with Crippen LogP contribution in [0.4, 0.5) is 0 Å². The summed E-state index contributed by atoms with van der Waals surface area (Å²) in [5.41, 5.74) is 13.6. The fourth-order valence-electron chi connectivity index (χ4n) is 2.40. The quantitative estimate of drug-likeness (QED) is 0.418. The Kier molecular flexibility index (Phi) is 4.37. The molecular weight excluding hydrogens is 320 g/mol. The lowest BCUT2D eigenvalue weighted by Gasteiger charge is -2.17. The number of pyridine rings is 1. The van der Waals surface area contributed by atoms with Crippen molar-refractivity contribution >= 4 is 10.0 Å². The molecule has 23 heavy (non-hydrogen) atoms. The predicted molar refractivity (Wildman–Crippen MR) is 82.3 cm³/mol. The third kappa shape index (κ3) is 3.23. The zero-order valence-electron chi connectivity index (χ0n) is 11.9. The molecule has 0 aliphatic carbocycles. The van der Waals surface area contributed by atoms with Crippen molar-refractivity contribution in [2.75, 3.05) is 0 Å². The van der Waals surface area contributed by atoms with E-state index in [1.54, 1.807) is 30.3 Å². The summed E-state index contributed by atoms with van der Waals surface area (Å²) in [6.07, 6.45) is 0.846. The molecule has 0 amide bonds. The normalized spacial score (nSPS) is 15.9. The first kappa shape index (κ1) is 16.0. The highest BCUT2D eigenvalue weighted by atomic mass is 32.2. The lowest BCUT2D eigenvalue weighted by Crippen LogP contribution is -2.33. The van der Waals surface area contributed by atoms with E-state index in [0.29, 0.717) is 11.1 Å². The fourth-order valence-corrected chi connectivity index (χ4v) is 3.14. The summed E-state index contributed by atoms with van der Waals surface area (Å²) in [5.74, 6) is 0. The van der Waals surface area contributed by atoms with Crippen LogP contribution >= 0.6 is 0 Å². The van der Waals surface area contributed by atoms with Crippen molar-refractivity contribution in [3.8, 4) is 11.1 Å². The van der Waals surface area contributed by atoms with E-state index in [0.717, 1.165) is 11.1 Å². The highest BCUT2D eigenvalue weighted by Gasteiger charge is 2.28. The van der Waals surface area contributed by atoms with Crippen LogP contribution in [-0.2, 0) is 16.6 Å². The van der Waals surface area contributed by atoms with Gasteiger partial charge in [-0.25, -0.2) is 29.4 Å². The molecular formula is C13H16N6O3S. The lowest BCUT2D eigenvalue weighted by molar-refractivity contribution is 0.282. The van der Waals surface area contributed by atoms with Gasteiger partial charge in [-0.15, -0.1) is 0 Å². The average molecular weight is 336 g/mol. The van der Waals surface area contributed by atoms with Gasteiger partial charge < -0.3 is 5.11 Å². The van der Waals surface area contributed by atoms with Gasteiger partial charge in [-0.3, -0.25) is 0 Å². The summed E-state index contributed by atoms with van der Waals surface area (Å²) in [7, 11) is -4.00. The minimum absolute atomic E-state index is 0.0640. The zero-order valence-corrected chi connectivity index (χ0v) is 12.8. The maximum atomic E-state index is 11.9. The summed E-state index contributed by atoms with van der Waals surface area (Å²) in [6.45, 7) is -0.0640. The van der Waals surface area contributed by atoms with Crippen molar-refractivity contribution in [3.05, 3.63) is 47.7 Å². The second kappa shape index (κ2) is 6.29. The molecule has 1 aliphatic heterocycles. The summed E-state index contributed by atoms with van der Waals surface area (Å²) in [6, 6.07) is 8.84. The number of nitrogens with zero attached hydrogens (tertiary/aromatic N) is 1. The average Bonchev–Trinajstić information content (AvgIpc) is 3.07. The molecule has 1 aliphatic rings. The van der Waals surface area contributed by atoms with Crippen LogP contribution in [0.25, 0.3) is 11.1 Å². The van der Waals surface area contributed by atoms with E-state index in [-0.39, 0.29) is 11.6 Å². The number of aliphatic hydroxyl groups excluding tert-OH is 1. The van der Waals surface area contributed by atoms with Crippen molar-refractivity contribution in [1.29, 1.82) is 0 Å². The van der Waals surface area contributed by atoms with Crippen molar-refractivity contribution in [2.24, 2.45) is 5.14 Å². The topological polar surface area (TPSA) is 141 Å². The molecule has 0 unspecified atom stereocenters. The zero-order chi connectivity index (χ0) is 16.4. The Balaban J connectivity index is 2.18. The van der Waals surface area contributed by atoms with Gasteiger partial charge in [-0.05, 0) is 22.8 Å². The standard InChI is InChI=1S/C13H16N6O3S/c14-23(21,22)13-11(12-16-18-19-17-12)10(5-6-15-13)9-3-1-8(7-20)2-4-9/h1-6,12,16-20H,7H2,(H2,14,21,22). The Morgan fingerprint density at radius 1 is 1.13 bits per heavy atom. The number of primary sulfonamides is 1. The SMILES string of the molecule is NS(=O)(=O)c1nccc(-c2ccc(CO)cc2)c1C1NNNN1. The molecule has 0 spiro atoms. The molecule has 1 aromatic carbocycles. The number of rotatable bonds is 4. The number of nitrogens with two attached hydrogens (primary N) is 1. The van der Waals surface area contributed by atoms with Gasteiger partial charge in [0.25, 0.3) is 10.0 Å². The van der Waals surface area contributed by atoms with Crippen LogP contribution < -0.4 is 27.1 Å². The molecule has 2 heterocycles. The Labute approximate surface area is 132 Å². The van der Waals surface area contributed by atoms with Crippen molar-refractivity contribution < 1.29 is 13.5 Å². The maximum Gasteiger partial charge on any atom is 0.255 e. The molecule has 0 radical (unpaired) electrons. The van der Waals surface area contributed by atoms with E-state index in [1.807, 2.05) is 0 Å². The summed E-state index contributed by atoms with van der Waals surface area (Å²) >= 11 is 0. The predicted octanol–water partition coefficient (Wildman–Crippen LogP) is -0.996. The molecule has 1 aromatic heterocycles. The van der Waals surface area contributed by atoms with E-state index >= 15 is 0 Å². The van der Waals surface area contributed by atoms with E-state index in [2.05, 4.69) is 26.9 Å². The van der Waals surface area contributed by atoms with Crippen LogP contribution in [0.15, 0.2) is 41.6 Å². The van der Waals surface area contributed by atoms with Crippen LogP contribution in [0, 0.1) is 0 Å². The largest absolute Gasteiger partial charge is 0.392 e. The Morgan fingerprint density at radius 3 is 2.35 bits per heavy atom. The number of hydrogen-bond acceptors (Lipinski definition) is 8. The third-order valence-electron chi connectivity index (χ3n) is 3.45. The third-order valence-corrected chi connectivity index (χ3v) is 4.32. The summed E-state index contributed by atoms with van der Waals surface area (Å²) < 4.78 is 23.8. The molecule has 2 aromatic rings. The molecule has 10 heteroatoms. The first-order valence-corrected chi connectivity index (χ1v) is 8.28. The van der Waals surface area contributed by atoms with Crippen LogP contribution in [-0.4, -0.2) is 18.5 Å². The lowest BCUT2D eigenvalue weighted by atomic mass is 9.99. The van der Waals surface area contributed by atoms with Gasteiger partial charge in [0.1, 0.15) is 6.17 Å². The highest BCUT2D eigenvalue weighted by Crippen LogP contribution is 2.31. The van der Waals surface area contributed by atoms with E-state index in [1.165, 1.54) is 6.20 Å². The number of hydrogen-bond donors (Lipinski definition) is 6. The number of aromatic nitrogens is 1. The highest BCUT2D eigenvalue weighted by molar-refractivity contribution is 7.89. The van der Waals surface area contributed by atoms with Gasteiger partial charge in [0, 0.05) is 11.8 Å². The van der Waals surface area contributed by atoms with Crippen molar-refractivity contribution in [1.82, 2.24) is 26.9 Å². The minimum Gasteiger partial charge on any atom is -0.392 e. The number of aliphatic hydroxyl groups is 1. The molecule has 1 saturated heterocycles. The molecule has 9 nitrogen and oxygen atoms in total. The molecule has 122 valence electrons. The molecule has 0 saturated carbocycles. The smallest absolute Gasteiger partial charge is 0.255 e. The van der Waals surface area contributed by atoms with Crippen LogP contribution in [0.2, 0.25) is 0 Å². The van der Waals surface area contributed by atoms with Crippen molar-refractivity contribution in [2.45, 2.75) is 17.8 Å². The fraction of sp³-hybridized carbons (Fsp3) is 0.154. The number of sulfonamides is 1. The first-order valence-electron chi connectivity index (χ1n) is 6.73. The van der Waals surface area contributed by atoms with Gasteiger partial charge in [-0.1, -0.05) is 24.3 Å². The Hall–Kier alpha value is -1.92. The second-order valence-corrected chi connectivity index (χ2v) is 6.43. The van der Waals surface area contributed by atoms with Gasteiger partial charge in [-0.2, -0.15) is 11.1 Å². The second-order valence-electron chi connectivity index (χ2n) is 4.95. The first-order chi connectivity index (χ1) is 11.0. The molecule has 0 bridgehead atoms. The summed E-state index contributed by atoms with van der Waals surface area (Å²) in [5, 5.41) is 14.2. The van der Waals surface area contributed by atoms with Gasteiger partial charge in [0.05, 0.1) is 6.61 Å². The molecule has 3 rings (SSSR count). The van der Waals surface area contributed by atoms with Crippen LogP contribution in [0.1, 0.15) is 17.3 Å². The van der Waals surface area contributed by atoms with Crippen molar-refractivity contribution in [3.63, 3.8) is 0 Å². The van der Waals surface area contributed by atoms with Crippen LogP contribution in [0.5, 0.6) is 0 Å². The molecule has 0 atom stereocenters. The van der Waals surface area contributed by atoms with E-state index in [9.17, 15) is 8.42 Å². The van der Waals surface area contributed by atoms with E-state index in [4.69, 9.17) is 10.2 Å². The molecule has 7 N–H and O–H groups in total. The molecule has 1 fully saturated rings. The minimum atomic E-state index is -4.00. The Bertz CT molecular complexity index is 803. The van der Waals surface area contributed by atoms with Gasteiger partial charge >= 0.3 is 0 Å². The maximum absolute atomic E-state index is 11.9.